The average molecular weight is 254 g/mol. The minimum atomic E-state index is 0.551. The Morgan fingerprint density at radius 1 is 1.21 bits per heavy atom. The van der Waals surface area contributed by atoms with Gasteiger partial charge in [0.15, 0.2) is 0 Å². The van der Waals surface area contributed by atoms with E-state index < -0.39 is 0 Å². The summed E-state index contributed by atoms with van der Waals surface area (Å²) in [6.07, 6.45) is 4.01. The Kier molecular flexibility index (Phi) is 3.11. The summed E-state index contributed by atoms with van der Waals surface area (Å²) in [6, 6.07) is 10.2. The van der Waals surface area contributed by atoms with Crippen molar-refractivity contribution in [3.8, 4) is 16.9 Å². The fourth-order valence-electron chi connectivity index (χ4n) is 2.48. The Labute approximate surface area is 113 Å². The van der Waals surface area contributed by atoms with Crippen molar-refractivity contribution < 1.29 is 4.74 Å². The number of pyridine rings is 1. The zero-order valence-corrected chi connectivity index (χ0v) is 11.1. The molecule has 1 unspecified atom stereocenters. The first-order valence-electron chi connectivity index (χ1n) is 6.70. The van der Waals surface area contributed by atoms with Crippen LogP contribution in [-0.2, 0) is 6.42 Å². The van der Waals surface area contributed by atoms with E-state index in [-0.39, 0.29) is 0 Å². The maximum absolute atomic E-state index is 5.79. The van der Waals surface area contributed by atoms with Crippen molar-refractivity contribution in [2.75, 3.05) is 12.3 Å². The lowest BCUT2D eigenvalue weighted by atomic mass is 9.96. The highest BCUT2D eigenvalue weighted by molar-refractivity contribution is 5.65. The fraction of sp³-hybridized carbons (Fsp3) is 0.312. The predicted octanol–water partition coefficient (Wildman–Crippen LogP) is 3.29. The first kappa shape index (κ1) is 12.0. The fourth-order valence-corrected chi connectivity index (χ4v) is 2.48. The maximum Gasteiger partial charge on any atom is 0.123 e. The minimum absolute atomic E-state index is 0.551. The number of ether oxygens (including phenoxy) is 1. The van der Waals surface area contributed by atoms with E-state index in [1.165, 1.54) is 11.1 Å². The van der Waals surface area contributed by atoms with Crippen LogP contribution < -0.4 is 10.5 Å². The van der Waals surface area contributed by atoms with Gasteiger partial charge in [-0.2, -0.15) is 0 Å². The Hall–Kier alpha value is -2.03. The molecule has 0 saturated heterocycles. The SMILES string of the molecule is CC1CCOc2ccc(-c3ccc(N)nc3)cc2C1. The zero-order chi connectivity index (χ0) is 13.2. The number of nitrogens with two attached hydrogens (primary N) is 1. The molecule has 2 heterocycles. The quantitative estimate of drug-likeness (QED) is 0.849. The lowest BCUT2D eigenvalue weighted by Crippen LogP contribution is -2.00. The summed E-state index contributed by atoms with van der Waals surface area (Å²) in [6.45, 7) is 3.09. The van der Waals surface area contributed by atoms with Gasteiger partial charge in [-0.05, 0) is 54.2 Å². The monoisotopic (exact) mass is 254 g/mol. The zero-order valence-electron chi connectivity index (χ0n) is 11.1. The number of hydrogen-bond donors (Lipinski definition) is 1. The third-order valence-electron chi connectivity index (χ3n) is 3.62. The molecule has 2 aromatic rings. The molecule has 0 fully saturated rings. The molecule has 3 heteroatoms. The van der Waals surface area contributed by atoms with Crippen LogP contribution >= 0.6 is 0 Å². The Bertz CT molecular complexity index is 578. The first-order chi connectivity index (χ1) is 9.22. The highest BCUT2D eigenvalue weighted by Gasteiger charge is 2.15. The molecule has 0 amide bonds. The number of rotatable bonds is 1. The summed E-state index contributed by atoms with van der Waals surface area (Å²) in [7, 11) is 0. The van der Waals surface area contributed by atoms with E-state index in [9.17, 15) is 0 Å². The van der Waals surface area contributed by atoms with Crippen molar-refractivity contribution in [2.45, 2.75) is 19.8 Å². The van der Waals surface area contributed by atoms with Crippen LogP contribution in [0.25, 0.3) is 11.1 Å². The Morgan fingerprint density at radius 2 is 2.05 bits per heavy atom. The molecule has 1 atom stereocenters. The van der Waals surface area contributed by atoms with Gasteiger partial charge in [-0.15, -0.1) is 0 Å². The molecular weight excluding hydrogens is 236 g/mol. The molecule has 1 aromatic heterocycles. The lowest BCUT2D eigenvalue weighted by Gasteiger charge is -2.10. The molecule has 1 aliphatic rings. The van der Waals surface area contributed by atoms with Crippen LogP contribution in [0.4, 0.5) is 5.82 Å². The number of aromatic nitrogens is 1. The molecular formula is C16H18N2O. The molecule has 19 heavy (non-hydrogen) atoms. The van der Waals surface area contributed by atoms with Gasteiger partial charge in [-0.25, -0.2) is 4.98 Å². The number of fused-ring (bicyclic) bond motifs is 1. The number of benzene rings is 1. The molecule has 0 bridgehead atoms. The molecule has 3 nitrogen and oxygen atoms in total. The van der Waals surface area contributed by atoms with Gasteiger partial charge in [0.1, 0.15) is 11.6 Å². The summed E-state index contributed by atoms with van der Waals surface area (Å²) in [5.74, 6) is 2.24. The number of anilines is 1. The van der Waals surface area contributed by atoms with Crippen LogP contribution in [0.15, 0.2) is 36.5 Å². The lowest BCUT2D eigenvalue weighted by molar-refractivity contribution is 0.300. The van der Waals surface area contributed by atoms with E-state index in [4.69, 9.17) is 10.5 Å². The van der Waals surface area contributed by atoms with Gasteiger partial charge >= 0.3 is 0 Å². The van der Waals surface area contributed by atoms with Gasteiger partial charge in [0.05, 0.1) is 6.61 Å². The first-order valence-corrected chi connectivity index (χ1v) is 6.70. The van der Waals surface area contributed by atoms with Crippen molar-refractivity contribution in [3.63, 3.8) is 0 Å². The largest absolute Gasteiger partial charge is 0.493 e. The average Bonchev–Trinajstić information content (AvgIpc) is 2.59. The normalized spacial score (nSPS) is 18.3. The van der Waals surface area contributed by atoms with Gasteiger partial charge in [-0.1, -0.05) is 13.0 Å². The van der Waals surface area contributed by atoms with Crippen LogP contribution in [0.3, 0.4) is 0 Å². The van der Waals surface area contributed by atoms with Gasteiger partial charge in [0.2, 0.25) is 0 Å². The maximum atomic E-state index is 5.79. The summed E-state index contributed by atoms with van der Waals surface area (Å²) in [5, 5.41) is 0. The topological polar surface area (TPSA) is 48.1 Å². The summed E-state index contributed by atoms with van der Waals surface area (Å²) < 4.78 is 5.79. The van der Waals surface area contributed by atoms with Gasteiger partial charge in [-0.3, -0.25) is 0 Å². The second kappa shape index (κ2) is 4.92. The molecule has 1 aromatic carbocycles. The second-order valence-electron chi connectivity index (χ2n) is 5.24. The van der Waals surface area contributed by atoms with Crippen molar-refractivity contribution in [3.05, 3.63) is 42.1 Å². The summed E-state index contributed by atoms with van der Waals surface area (Å²) in [5.41, 5.74) is 9.18. The summed E-state index contributed by atoms with van der Waals surface area (Å²) >= 11 is 0. The standard InChI is InChI=1S/C16H18N2O/c1-11-6-7-19-15-4-2-12(9-14(15)8-11)13-3-5-16(17)18-10-13/h2-5,9-11H,6-8H2,1H3,(H2,17,18). The predicted molar refractivity (Wildman–Crippen MR) is 77.1 cm³/mol. The van der Waals surface area contributed by atoms with Crippen LogP contribution in [-0.4, -0.2) is 11.6 Å². The van der Waals surface area contributed by atoms with E-state index in [1.54, 1.807) is 0 Å². The van der Waals surface area contributed by atoms with E-state index in [0.29, 0.717) is 11.7 Å². The molecule has 98 valence electrons. The summed E-state index contributed by atoms with van der Waals surface area (Å²) in [4.78, 5) is 4.15. The second-order valence-corrected chi connectivity index (χ2v) is 5.24. The Morgan fingerprint density at radius 3 is 2.84 bits per heavy atom. The molecule has 0 aliphatic carbocycles. The van der Waals surface area contributed by atoms with Crippen molar-refractivity contribution in [1.82, 2.24) is 4.98 Å². The number of nitrogen functional groups attached to an aromatic ring is 1. The van der Waals surface area contributed by atoms with Gasteiger partial charge < -0.3 is 10.5 Å². The third-order valence-corrected chi connectivity index (χ3v) is 3.62. The minimum Gasteiger partial charge on any atom is -0.493 e. The smallest absolute Gasteiger partial charge is 0.123 e. The Balaban J connectivity index is 1.98. The van der Waals surface area contributed by atoms with Crippen LogP contribution in [0, 0.1) is 5.92 Å². The van der Waals surface area contributed by atoms with E-state index in [2.05, 4.69) is 30.1 Å². The number of hydrogen-bond acceptors (Lipinski definition) is 3. The van der Waals surface area contributed by atoms with Gasteiger partial charge in [0, 0.05) is 11.8 Å². The highest BCUT2D eigenvalue weighted by atomic mass is 16.5. The van der Waals surface area contributed by atoms with E-state index in [1.807, 2.05) is 18.3 Å². The molecule has 0 spiro atoms. The van der Waals surface area contributed by atoms with Crippen molar-refractivity contribution >= 4 is 5.82 Å². The number of nitrogens with zero attached hydrogens (tertiary/aromatic N) is 1. The van der Waals surface area contributed by atoms with Crippen LogP contribution in [0.2, 0.25) is 0 Å². The highest BCUT2D eigenvalue weighted by Crippen LogP contribution is 2.31. The molecule has 2 N–H and O–H groups in total. The molecule has 1 aliphatic heterocycles. The molecule has 0 saturated carbocycles. The van der Waals surface area contributed by atoms with E-state index in [0.717, 1.165) is 30.8 Å². The third kappa shape index (κ3) is 2.55. The molecule has 0 radical (unpaired) electrons. The van der Waals surface area contributed by atoms with Gasteiger partial charge in [0.25, 0.3) is 0 Å². The van der Waals surface area contributed by atoms with Crippen LogP contribution in [0.5, 0.6) is 5.75 Å². The van der Waals surface area contributed by atoms with Crippen LogP contribution in [0.1, 0.15) is 18.9 Å². The van der Waals surface area contributed by atoms with Crippen molar-refractivity contribution in [2.24, 2.45) is 5.92 Å². The molecule has 3 rings (SSSR count). The van der Waals surface area contributed by atoms with Crippen molar-refractivity contribution in [1.29, 1.82) is 0 Å². The van der Waals surface area contributed by atoms with E-state index >= 15 is 0 Å².